The number of hydrogen-bond acceptors (Lipinski definition) is 5. The van der Waals surface area contributed by atoms with Crippen LogP contribution in [0.4, 0.5) is 18.9 Å². The third-order valence-electron chi connectivity index (χ3n) is 5.71. The van der Waals surface area contributed by atoms with Crippen LogP contribution < -0.4 is 21.7 Å². The standard InChI is InChI=1S/C24H22ClF3N4O5/c1-11-7-13(22(36)30-11)9-18(19(33)20(29)34)32-23(37)16-10-15(25)5-6-17(16)31-21(35)12-3-2-4-14(8-12)24(26,27)28/h2-6,8,10-11,13,18H,7,9H2,1H3,(H2,29,34)(H,30,36)(H,31,35)(H,32,37)/t11-,13+,18?/m1/s1. The minimum absolute atomic E-state index is 0.0731. The first-order valence-electron chi connectivity index (χ1n) is 11.0. The molecule has 37 heavy (non-hydrogen) atoms. The maximum absolute atomic E-state index is 13.1. The fourth-order valence-corrected chi connectivity index (χ4v) is 4.10. The zero-order chi connectivity index (χ0) is 27.5. The Labute approximate surface area is 213 Å². The van der Waals surface area contributed by atoms with E-state index >= 15 is 0 Å². The Bertz CT molecular complexity index is 1270. The van der Waals surface area contributed by atoms with Crippen molar-refractivity contribution in [2.45, 2.75) is 38.0 Å². The van der Waals surface area contributed by atoms with Crippen LogP contribution >= 0.6 is 11.6 Å². The lowest BCUT2D eigenvalue weighted by atomic mass is 9.94. The Kier molecular flexibility index (Phi) is 8.22. The quantitative estimate of drug-likeness (QED) is 0.381. The van der Waals surface area contributed by atoms with Gasteiger partial charge >= 0.3 is 6.18 Å². The van der Waals surface area contributed by atoms with Crippen LogP contribution in [-0.4, -0.2) is 41.5 Å². The van der Waals surface area contributed by atoms with Gasteiger partial charge in [-0.25, -0.2) is 0 Å². The van der Waals surface area contributed by atoms with Crippen LogP contribution in [0, 0.1) is 5.92 Å². The van der Waals surface area contributed by atoms with Crippen molar-refractivity contribution >= 4 is 46.7 Å². The van der Waals surface area contributed by atoms with Crippen molar-refractivity contribution in [2.75, 3.05) is 5.32 Å². The molecule has 4 amide bonds. The van der Waals surface area contributed by atoms with Gasteiger partial charge in [0.1, 0.15) is 0 Å². The van der Waals surface area contributed by atoms with E-state index in [-0.39, 0.29) is 40.2 Å². The lowest BCUT2D eigenvalue weighted by Gasteiger charge is -2.20. The van der Waals surface area contributed by atoms with Gasteiger partial charge in [-0.1, -0.05) is 17.7 Å². The molecule has 5 N–H and O–H groups in total. The summed E-state index contributed by atoms with van der Waals surface area (Å²) >= 11 is 6.00. The third-order valence-corrected chi connectivity index (χ3v) is 5.94. The Morgan fingerprint density at radius 3 is 2.43 bits per heavy atom. The van der Waals surface area contributed by atoms with E-state index in [1.54, 1.807) is 6.92 Å². The lowest BCUT2D eigenvalue weighted by molar-refractivity contribution is -0.137. The molecule has 2 aromatic carbocycles. The van der Waals surface area contributed by atoms with E-state index in [9.17, 15) is 37.1 Å². The minimum atomic E-state index is -4.67. The summed E-state index contributed by atoms with van der Waals surface area (Å²) in [6.07, 6.45) is -4.50. The Balaban J connectivity index is 1.85. The van der Waals surface area contributed by atoms with E-state index < -0.39 is 47.2 Å². The van der Waals surface area contributed by atoms with Gasteiger partial charge in [0, 0.05) is 22.5 Å². The summed E-state index contributed by atoms with van der Waals surface area (Å²) in [5.41, 5.74) is 3.40. The molecule has 0 aliphatic carbocycles. The largest absolute Gasteiger partial charge is 0.416 e. The highest BCUT2D eigenvalue weighted by Crippen LogP contribution is 2.30. The number of hydrogen-bond donors (Lipinski definition) is 4. The number of anilines is 1. The predicted molar refractivity (Wildman–Crippen MR) is 127 cm³/mol. The smallest absolute Gasteiger partial charge is 0.363 e. The monoisotopic (exact) mass is 538 g/mol. The molecule has 0 radical (unpaired) electrons. The first kappa shape index (κ1) is 27.7. The number of Topliss-reactive ketones (excluding diaryl/α,β-unsaturated/α-hetero) is 1. The summed E-state index contributed by atoms with van der Waals surface area (Å²) in [6, 6.07) is 5.81. The second-order valence-electron chi connectivity index (χ2n) is 8.56. The summed E-state index contributed by atoms with van der Waals surface area (Å²) in [4.78, 5) is 61.9. The van der Waals surface area contributed by atoms with Crippen molar-refractivity contribution in [2.24, 2.45) is 11.7 Å². The summed E-state index contributed by atoms with van der Waals surface area (Å²) in [7, 11) is 0. The molecule has 0 spiro atoms. The van der Waals surface area contributed by atoms with Gasteiger partial charge in [0.05, 0.1) is 22.9 Å². The van der Waals surface area contributed by atoms with Crippen molar-refractivity contribution in [3.05, 3.63) is 64.2 Å². The fraction of sp³-hybridized carbons (Fsp3) is 0.292. The van der Waals surface area contributed by atoms with Crippen molar-refractivity contribution in [1.29, 1.82) is 0 Å². The van der Waals surface area contributed by atoms with Crippen LogP contribution in [0.25, 0.3) is 0 Å². The van der Waals surface area contributed by atoms with Crippen LogP contribution in [0.1, 0.15) is 46.0 Å². The summed E-state index contributed by atoms with van der Waals surface area (Å²) in [5, 5.41) is 7.47. The van der Waals surface area contributed by atoms with Crippen molar-refractivity contribution < 1.29 is 37.1 Å². The molecule has 9 nitrogen and oxygen atoms in total. The van der Waals surface area contributed by atoms with E-state index in [0.29, 0.717) is 12.5 Å². The average Bonchev–Trinajstić information content (AvgIpc) is 3.14. The second kappa shape index (κ2) is 11.0. The SMILES string of the molecule is C[C@@H]1C[C@@H](CC(NC(=O)c2cc(Cl)ccc2NC(=O)c2cccc(C(F)(F)F)c2)C(=O)C(N)=O)C(=O)N1. The molecule has 1 aliphatic rings. The van der Waals surface area contributed by atoms with Gasteiger partial charge < -0.3 is 21.7 Å². The maximum Gasteiger partial charge on any atom is 0.416 e. The van der Waals surface area contributed by atoms with Gasteiger partial charge in [0.15, 0.2) is 0 Å². The topological polar surface area (TPSA) is 147 Å². The molecule has 1 saturated heterocycles. The number of alkyl halides is 3. The molecule has 1 unspecified atom stereocenters. The van der Waals surface area contributed by atoms with Crippen molar-refractivity contribution in [3.8, 4) is 0 Å². The molecular formula is C24H22ClF3N4O5. The van der Waals surface area contributed by atoms with Crippen LogP contribution in [-0.2, 0) is 20.6 Å². The molecule has 3 rings (SSSR count). The number of carbonyl (C=O) groups is 5. The van der Waals surface area contributed by atoms with Gasteiger partial charge in [0.25, 0.3) is 17.7 Å². The minimum Gasteiger partial charge on any atom is -0.363 e. The summed E-state index contributed by atoms with van der Waals surface area (Å²) in [5.74, 6) is -5.33. The maximum atomic E-state index is 13.1. The molecule has 0 saturated carbocycles. The highest BCUT2D eigenvalue weighted by Gasteiger charge is 2.36. The van der Waals surface area contributed by atoms with E-state index in [0.717, 1.165) is 24.3 Å². The van der Waals surface area contributed by atoms with Gasteiger partial charge in [-0.3, -0.25) is 24.0 Å². The number of amides is 4. The number of nitrogens with two attached hydrogens (primary N) is 1. The highest BCUT2D eigenvalue weighted by atomic mass is 35.5. The molecule has 13 heteroatoms. The number of primary amides is 1. The number of benzene rings is 2. The van der Waals surface area contributed by atoms with Crippen molar-refractivity contribution in [1.82, 2.24) is 10.6 Å². The van der Waals surface area contributed by atoms with Crippen LogP contribution in [0.5, 0.6) is 0 Å². The van der Waals surface area contributed by atoms with Crippen LogP contribution in [0.15, 0.2) is 42.5 Å². The molecule has 196 valence electrons. The summed E-state index contributed by atoms with van der Waals surface area (Å²) in [6.45, 7) is 1.76. The van der Waals surface area contributed by atoms with E-state index in [1.165, 1.54) is 12.1 Å². The number of rotatable bonds is 8. The number of halogens is 4. The molecule has 1 fully saturated rings. The van der Waals surface area contributed by atoms with Crippen LogP contribution in [0.3, 0.4) is 0 Å². The second-order valence-corrected chi connectivity index (χ2v) is 8.99. The predicted octanol–water partition coefficient (Wildman–Crippen LogP) is 2.68. The van der Waals surface area contributed by atoms with Gasteiger partial charge in [-0.2, -0.15) is 13.2 Å². The Hall–Kier alpha value is -3.93. The van der Waals surface area contributed by atoms with E-state index in [1.807, 2.05) is 0 Å². The summed E-state index contributed by atoms with van der Waals surface area (Å²) < 4.78 is 39.1. The Morgan fingerprint density at radius 1 is 1.14 bits per heavy atom. The zero-order valence-electron chi connectivity index (χ0n) is 19.3. The third kappa shape index (κ3) is 6.85. The fourth-order valence-electron chi connectivity index (χ4n) is 3.93. The lowest BCUT2D eigenvalue weighted by Crippen LogP contribution is -2.47. The molecule has 1 aliphatic heterocycles. The number of ketones is 1. The molecule has 0 aromatic heterocycles. The molecule has 3 atom stereocenters. The Morgan fingerprint density at radius 2 is 1.84 bits per heavy atom. The van der Waals surface area contributed by atoms with Crippen molar-refractivity contribution in [3.63, 3.8) is 0 Å². The molecule has 1 heterocycles. The number of nitrogens with one attached hydrogen (secondary N) is 3. The van der Waals surface area contributed by atoms with E-state index in [4.69, 9.17) is 17.3 Å². The van der Waals surface area contributed by atoms with Gasteiger partial charge in [-0.05, 0) is 56.2 Å². The number of carbonyl (C=O) groups excluding carboxylic acids is 5. The highest BCUT2D eigenvalue weighted by molar-refractivity contribution is 6.38. The van der Waals surface area contributed by atoms with Gasteiger partial charge in [0.2, 0.25) is 11.7 Å². The average molecular weight is 539 g/mol. The first-order chi connectivity index (χ1) is 17.3. The molecule has 2 aromatic rings. The van der Waals surface area contributed by atoms with Crippen LogP contribution in [0.2, 0.25) is 5.02 Å². The normalized spacial score (nSPS) is 18.0. The molecule has 0 bridgehead atoms. The first-order valence-corrected chi connectivity index (χ1v) is 11.4. The van der Waals surface area contributed by atoms with E-state index in [2.05, 4.69) is 16.0 Å². The van der Waals surface area contributed by atoms with Gasteiger partial charge in [-0.15, -0.1) is 0 Å². The zero-order valence-corrected chi connectivity index (χ0v) is 20.1. The molecular weight excluding hydrogens is 517 g/mol.